The van der Waals surface area contributed by atoms with E-state index in [1.807, 2.05) is 93.4 Å². The Labute approximate surface area is 682 Å². The summed E-state index contributed by atoms with van der Waals surface area (Å²) in [6, 6.07) is 40.3. The zero-order valence-corrected chi connectivity index (χ0v) is 67.4. The number of carbonyl (C=O) groups is 4. The van der Waals surface area contributed by atoms with Crippen molar-refractivity contribution in [2.45, 2.75) is 155 Å². The number of amides is 4. The molecule has 0 unspecified atom stereocenters. The minimum atomic E-state index is -0.464. The zero-order chi connectivity index (χ0) is 81.2. The molecule has 4 fully saturated rings. The van der Waals surface area contributed by atoms with Gasteiger partial charge in [-0.2, -0.15) is 0 Å². The van der Waals surface area contributed by atoms with Gasteiger partial charge in [0.25, 0.3) is 12.0 Å². The summed E-state index contributed by atoms with van der Waals surface area (Å²) in [6.45, 7) is 18.9. The third-order valence-corrected chi connectivity index (χ3v) is 23.4. The molecule has 4 amide bonds. The van der Waals surface area contributed by atoms with E-state index < -0.39 is 24.2 Å². The Morgan fingerprint density at radius 1 is 0.356 bits per heavy atom. The van der Waals surface area contributed by atoms with Gasteiger partial charge in [0.1, 0.15) is 60.0 Å². The fourth-order valence-corrected chi connectivity index (χ4v) is 17.1. The molecule has 0 bridgehead atoms. The first-order chi connectivity index (χ1) is 57.4. The molecular formula is C90H98N22O6. The number of H-pyrrole nitrogens is 4. The highest BCUT2D eigenvalue weighted by atomic mass is 16.4. The Balaban J connectivity index is 0.000000169. The molecule has 14 aromatic rings. The minimum absolute atomic E-state index is 0.0165. The first kappa shape index (κ1) is 77.4. The molecule has 4 aliphatic heterocycles. The highest BCUT2D eigenvalue weighted by Gasteiger charge is 2.42. The van der Waals surface area contributed by atoms with Crippen molar-refractivity contribution in [3.8, 4) is 44.8 Å². The molecule has 8 aromatic heterocycles. The van der Waals surface area contributed by atoms with E-state index in [9.17, 15) is 19.2 Å². The van der Waals surface area contributed by atoms with E-state index in [1.54, 1.807) is 49.3 Å². The summed E-state index contributed by atoms with van der Waals surface area (Å²) in [7, 11) is 0. The van der Waals surface area contributed by atoms with Gasteiger partial charge in [-0.3, -0.25) is 19.2 Å². The van der Waals surface area contributed by atoms with Gasteiger partial charge in [-0.05, 0) is 180 Å². The predicted octanol–water partition coefficient (Wildman–Crippen LogP) is 16.3. The van der Waals surface area contributed by atoms with Crippen LogP contribution in [0.15, 0.2) is 192 Å². The fourth-order valence-electron chi connectivity index (χ4n) is 17.1. The van der Waals surface area contributed by atoms with Crippen LogP contribution in [-0.4, -0.2) is 163 Å². The third kappa shape index (κ3) is 16.2. The summed E-state index contributed by atoms with van der Waals surface area (Å²) >= 11 is 0. The quantitative estimate of drug-likeness (QED) is 0.0278. The number of aromatic nitrogens is 14. The van der Waals surface area contributed by atoms with Crippen LogP contribution in [0.3, 0.4) is 0 Å². The standard InChI is InChI=1S/C46H50N12O2.C44H48N10O4/c1-27(2)39(55-45-47-17-7-18-48-45)43(59)57-21-5-9-37(57)41-51-26-36(54-41)33-14-13-29-23-30(11-12-31(29)24-33)32-15-16-34-35(25-32)53-42(52-34)38-10-6-22-58(38)44(60)40(28(3)4)56-46-49-19-8-20-50-46;1-25(2)37(51-43-45-15-19-57-43)41(55)53-17-5-7-35(53)39-47-24-34(50-39)31-12-11-27-21-28(9-10-29(27)22-31)30-13-14-32-33(23-30)49-40(48-32)36-8-6-18-54(36)42(56)38(26(3)4)52-44-46-16-20-58-44/h7-8,11-20,23-28,37-40H,5-6,9-10,21-22H2,1-4H3,(H,51,54)(H,52,53)(H,47,48,55)(H,49,50,56);9-16,19-26,35-38H,5-8,17-18H2,1-4H3,(H,45,51)(H,46,52)(H,47,50)(H,48,49)/t37-,38-,39-,40-;35-,36-,37-,38-/m00/s1. The van der Waals surface area contributed by atoms with Crippen molar-refractivity contribution in [3.05, 3.63) is 207 Å². The number of fused-ring (bicyclic) bond motifs is 4. The molecule has 28 heteroatoms. The maximum atomic E-state index is 14.0. The number of benzene rings is 6. The van der Waals surface area contributed by atoms with E-state index in [-0.39, 0.29) is 71.5 Å². The second-order valence-corrected chi connectivity index (χ2v) is 32.7. The van der Waals surface area contributed by atoms with Crippen molar-refractivity contribution in [2.75, 3.05) is 47.4 Å². The topological polar surface area (TPSA) is 348 Å². The Kier molecular flexibility index (Phi) is 22.0. The Morgan fingerprint density at radius 3 is 1.01 bits per heavy atom. The Hall–Kier alpha value is -13.1. The molecule has 6 aromatic carbocycles. The van der Waals surface area contributed by atoms with Gasteiger partial charge in [-0.15, -0.1) is 0 Å². The zero-order valence-electron chi connectivity index (χ0n) is 67.4. The molecule has 12 heterocycles. The maximum Gasteiger partial charge on any atom is 0.295 e. The molecule has 28 nitrogen and oxygen atoms in total. The molecule has 0 spiro atoms. The van der Waals surface area contributed by atoms with E-state index in [0.717, 1.165) is 163 Å². The van der Waals surface area contributed by atoms with Crippen molar-refractivity contribution in [3.63, 3.8) is 0 Å². The largest absolute Gasteiger partial charge is 0.432 e. The normalized spacial score (nSPS) is 18.0. The molecule has 18 rings (SSSR count). The van der Waals surface area contributed by atoms with Crippen LogP contribution in [0.2, 0.25) is 0 Å². The number of imidazole rings is 4. The SMILES string of the molecule is CC(C)[C@H](Nc1ncccn1)C(=O)N1CCC[C@H]1c1ncc(-c2ccc3cc(-c4ccc5nc([C@@H]6CCCN6C(=O)[C@@H](Nc6ncccn6)C(C)C)[nH]c5c4)ccc3c2)[nH]1.CC(C)[C@H](Nc1ncco1)C(=O)N1CCC[C@H]1c1ncc(-c2ccc3cc(-c4ccc5nc([C@@H]6CCCN6C(=O)[C@@H](Nc6ncco6)C(C)C)[nH]c5c4)ccc3c2)[nH]1. The molecule has 8 atom stereocenters. The van der Waals surface area contributed by atoms with E-state index >= 15 is 0 Å². The Morgan fingerprint density at radius 2 is 0.669 bits per heavy atom. The van der Waals surface area contributed by atoms with Crippen LogP contribution in [0.1, 0.15) is 154 Å². The van der Waals surface area contributed by atoms with Gasteiger partial charge >= 0.3 is 0 Å². The smallest absolute Gasteiger partial charge is 0.295 e. The molecule has 118 heavy (non-hydrogen) atoms. The number of oxazole rings is 2. The number of nitrogens with zero attached hydrogens (tertiary/aromatic N) is 14. The second-order valence-electron chi connectivity index (χ2n) is 32.7. The molecule has 0 aliphatic carbocycles. The van der Waals surface area contributed by atoms with Gasteiger partial charge in [-0.1, -0.05) is 116 Å². The van der Waals surface area contributed by atoms with E-state index in [4.69, 9.17) is 28.8 Å². The lowest BCUT2D eigenvalue weighted by Gasteiger charge is -2.30. The summed E-state index contributed by atoms with van der Waals surface area (Å²) in [5.74, 6) is 4.35. The predicted molar refractivity (Wildman–Crippen MR) is 454 cm³/mol. The van der Waals surface area contributed by atoms with Gasteiger partial charge in [0.2, 0.25) is 35.5 Å². The van der Waals surface area contributed by atoms with Crippen LogP contribution in [0.5, 0.6) is 0 Å². The summed E-state index contributed by atoms with van der Waals surface area (Å²) in [5, 5.41) is 17.4. The molecule has 4 aliphatic rings. The fraction of sp³-hybridized carbons (Fsp3) is 0.356. The summed E-state index contributed by atoms with van der Waals surface area (Å²) in [5.41, 5.74) is 11.8. The average molecular weight is 1580 g/mol. The number of aromatic amines is 4. The van der Waals surface area contributed by atoms with Gasteiger partial charge in [0, 0.05) is 62.1 Å². The average Bonchev–Trinajstić information content (AvgIpc) is 1.60. The lowest BCUT2D eigenvalue weighted by Crippen LogP contribution is -2.45. The van der Waals surface area contributed by atoms with Gasteiger partial charge in [-0.25, -0.2) is 49.8 Å². The first-order valence-electron chi connectivity index (χ1n) is 41.2. The van der Waals surface area contributed by atoms with E-state index in [1.165, 1.54) is 12.5 Å². The second kappa shape index (κ2) is 33.6. The van der Waals surface area contributed by atoms with Crippen molar-refractivity contribution in [1.82, 2.24) is 89.4 Å². The number of hydrogen-bond acceptors (Lipinski definition) is 20. The minimum Gasteiger partial charge on any atom is -0.432 e. The van der Waals surface area contributed by atoms with Crippen LogP contribution in [0.25, 0.3) is 88.4 Å². The number of anilines is 4. The number of hydrogen-bond donors (Lipinski definition) is 8. The lowest BCUT2D eigenvalue weighted by atomic mass is 9.99. The van der Waals surface area contributed by atoms with Crippen molar-refractivity contribution in [1.29, 1.82) is 0 Å². The number of likely N-dealkylation sites (tertiary alicyclic amines) is 4. The monoisotopic (exact) mass is 1580 g/mol. The number of carbonyl (C=O) groups excluding carboxylic acids is 4. The Bertz CT molecular complexity index is 5880. The third-order valence-electron chi connectivity index (χ3n) is 23.4. The maximum absolute atomic E-state index is 14.0. The van der Waals surface area contributed by atoms with Crippen LogP contribution in [0, 0.1) is 23.7 Å². The van der Waals surface area contributed by atoms with Crippen LogP contribution in [0.4, 0.5) is 23.9 Å². The summed E-state index contributed by atoms with van der Waals surface area (Å²) in [4.78, 5) is 123. The van der Waals surface area contributed by atoms with Crippen LogP contribution in [-0.2, 0) is 19.2 Å². The van der Waals surface area contributed by atoms with E-state index in [0.29, 0.717) is 50.1 Å². The molecular weight excluding hydrogens is 1490 g/mol. The number of rotatable bonds is 24. The summed E-state index contributed by atoms with van der Waals surface area (Å²) in [6.07, 6.45) is 23.6. The molecule has 8 N–H and O–H groups in total. The van der Waals surface area contributed by atoms with Crippen molar-refractivity contribution < 1.29 is 28.0 Å². The molecule has 604 valence electrons. The number of nitrogens with one attached hydrogen (secondary N) is 8. The lowest BCUT2D eigenvalue weighted by molar-refractivity contribution is -0.134. The highest BCUT2D eigenvalue weighted by molar-refractivity contribution is 5.95. The van der Waals surface area contributed by atoms with Crippen molar-refractivity contribution in [2.24, 2.45) is 23.7 Å². The first-order valence-corrected chi connectivity index (χ1v) is 41.2. The van der Waals surface area contributed by atoms with E-state index in [2.05, 4.69) is 174 Å². The molecule has 0 saturated carbocycles. The van der Waals surface area contributed by atoms with Crippen LogP contribution >= 0.6 is 0 Å². The molecule has 0 radical (unpaired) electrons. The van der Waals surface area contributed by atoms with Crippen molar-refractivity contribution >= 4 is 91.2 Å². The van der Waals surface area contributed by atoms with Crippen LogP contribution < -0.4 is 21.3 Å². The molecule has 4 saturated heterocycles. The van der Waals surface area contributed by atoms with Gasteiger partial charge in [0.15, 0.2) is 0 Å². The van der Waals surface area contributed by atoms with Gasteiger partial charge < -0.3 is 69.6 Å². The van der Waals surface area contributed by atoms with Gasteiger partial charge in [0.05, 0.1) is 82.4 Å². The highest BCUT2D eigenvalue weighted by Crippen LogP contribution is 2.41. The summed E-state index contributed by atoms with van der Waals surface area (Å²) < 4.78 is 10.8.